The van der Waals surface area contributed by atoms with Crippen LogP contribution in [0.15, 0.2) is 0 Å². The van der Waals surface area contributed by atoms with Gasteiger partial charge >= 0.3 is 11.9 Å². The highest BCUT2D eigenvalue weighted by molar-refractivity contribution is 6.27. The Bertz CT molecular complexity index is 378. The van der Waals surface area contributed by atoms with E-state index in [0.29, 0.717) is 0 Å². The van der Waals surface area contributed by atoms with Gasteiger partial charge in [-0.1, -0.05) is 0 Å². The molecule has 4 aliphatic rings. The van der Waals surface area contributed by atoms with Crippen LogP contribution in [0.4, 0.5) is 0 Å². The maximum Gasteiger partial charge on any atom is 0.414 e. The minimum absolute atomic E-state index is 0.290. The molecule has 8 nitrogen and oxygen atoms in total. The minimum atomic E-state index is -1.82. The lowest BCUT2D eigenvalue weighted by atomic mass is 9.87. The summed E-state index contributed by atoms with van der Waals surface area (Å²) in [7, 11) is 0. The zero-order valence-electron chi connectivity index (χ0n) is 14.0. The Morgan fingerprint density at radius 2 is 1.12 bits per heavy atom. The number of carbonyl (C=O) groups is 2. The van der Waals surface area contributed by atoms with Gasteiger partial charge in [0.15, 0.2) is 0 Å². The first-order chi connectivity index (χ1) is 11.5. The molecule has 2 spiro atoms. The van der Waals surface area contributed by atoms with E-state index in [0.717, 1.165) is 26.3 Å². The highest BCUT2D eigenvalue weighted by Crippen LogP contribution is 2.32. The molecule has 0 radical (unpaired) electrons. The number of piperidine rings is 2. The Labute approximate surface area is 141 Å². The SMILES string of the molecule is C1CNC[C@]2(C1)CCO2.C1CNC[C@]2(C1)CCO2.O=C(O)C(=O)O. The fraction of sp³-hybridized carbons (Fsp3) is 0.875. The van der Waals surface area contributed by atoms with E-state index in [-0.39, 0.29) is 11.2 Å². The van der Waals surface area contributed by atoms with Gasteiger partial charge in [-0.15, -0.1) is 0 Å². The Kier molecular flexibility index (Phi) is 6.97. The van der Waals surface area contributed by atoms with Crippen LogP contribution in [0.5, 0.6) is 0 Å². The first-order valence-corrected chi connectivity index (χ1v) is 8.63. The van der Waals surface area contributed by atoms with Crippen molar-refractivity contribution in [1.29, 1.82) is 0 Å². The third-order valence-electron chi connectivity index (χ3n) is 4.98. The maximum atomic E-state index is 9.10. The molecule has 8 heteroatoms. The molecule has 24 heavy (non-hydrogen) atoms. The monoisotopic (exact) mass is 344 g/mol. The second kappa shape index (κ2) is 8.75. The molecular formula is C16H28N2O6. The summed E-state index contributed by atoms with van der Waals surface area (Å²) in [4.78, 5) is 18.2. The summed E-state index contributed by atoms with van der Waals surface area (Å²) in [6.07, 6.45) is 7.69. The second-order valence-electron chi connectivity index (χ2n) is 6.73. The molecule has 4 heterocycles. The first-order valence-electron chi connectivity index (χ1n) is 8.63. The van der Waals surface area contributed by atoms with Gasteiger partial charge in [0.25, 0.3) is 0 Å². The largest absolute Gasteiger partial charge is 0.473 e. The quantitative estimate of drug-likeness (QED) is 0.461. The number of rotatable bonds is 0. The fourth-order valence-corrected chi connectivity index (χ4v) is 3.33. The number of ether oxygens (including phenoxy) is 2. The second-order valence-corrected chi connectivity index (χ2v) is 6.73. The number of aliphatic carboxylic acids is 2. The summed E-state index contributed by atoms with van der Waals surface area (Å²) < 4.78 is 11.0. The van der Waals surface area contributed by atoms with E-state index in [9.17, 15) is 0 Å². The van der Waals surface area contributed by atoms with Crippen LogP contribution in [-0.2, 0) is 19.1 Å². The third-order valence-corrected chi connectivity index (χ3v) is 4.98. The zero-order chi connectivity index (χ0) is 17.5. The number of hydrogen-bond acceptors (Lipinski definition) is 6. The van der Waals surface area contributed by atoms with E-state index in [1.165, 1.54) is 51.6 Å². The van der Waals surface area contributed by atoms with Crippen LogP contribution >= 0.6 is 0 Å². The van der Waals surface area contributed by atoms with Crippen molar-refractivity contribution in [3.63, 3.8) is 0 Å². The molecule has 4 aliphatic heterocycles. The summed E-state index contributed by atoms with van der Waals surface area (Å²) in [6.45, 7) is 6.53. The lowest BCUT2D eigenvalue weighted by Gasteiger charge is -2.44. The maximum absolute atomic E-state index is 9.10. The smallest absolute Gasteiger partial charge is 0.414 e. The summed E-state index contributed by atoms with van der Waals surface area (Å²) in [5.74, 6) is -3.65. The molecule has 4 N–H and O–H groups in total. The van der Waals surface area contributed by atoms with E-state index in [2.05, 4.69) is 10.6 Å². The predicted molar refractivity (Wildman–Crippen MR) is 86.1 cm³/mol. The van der Waals surface area contributed by atoms with Gasteiger partial charge in [0, 0.05) is 25.9 Å². The van der Waals surface area contributed by atoms with Gasteiger partial charge in [-0.05, 0) is 38.8 Å². The average Bonchev–Trinajstić information content (AvgIpc) is 2.55. The number of hydrogen-bond donors (Lipinski definition) is 4. The molecule has 0 aromatic heterocycles. The predicted octanol–water partition coefficient (Wildman–Crippen LogP) is 0.213. The van der Waals surface area contributed by atoms with Gasteiger partial charge < -0.3 is 30.3 Å². The van der Waals surface area contributed by atoms with Crippen molar-refractivity contribution in [2.75, 3.05) is 39.4 Å². The van der Waals surface area contributed by atoms with Crippen LogP contribution < -0.4 is 10.6 Å². The van der Waals surface area contributed by atoms with Crippen LogP contribution in [0.3, 0.4) is 0 Å². The van der Waals surface area contributed by atoms with Gasteiger partial charge in [0.1, 0.15) is 0 Å². The summed E-state index contributed by atoms with van der Waals surface area (Å²) in [5.41, 5.74) is 0.580. The molecule has 0 amide bonds. The molecule has 4 fully saturated rings. The van der Waals surface area contributed by atoms with Crippen molar-refractivity contribution >= 4 is 11.9 Å². The molecule has 4 saturated heterocycles. The lowest BCUT2D eigenvalue weighted by molar-refractivity contribution is -0.159. The average molecular weight is 344 g/mol. The minimum Gasteiger partial charge on any atom is -0.473 e. The van der Waals surface area contributed by atoms with Crippen LogP contribution in [0, 0.1) is 0 Å². The molecule has 0 aromatic carbocycles. The van der Waals surface area contributed by atoms with Crippen molar-refractivity contribution in [3.8, 4) is 0 Å². The van der Waals surface area contributed by atoms with Gasteiger partial charge in [-0.25, -0.2) is 9.59 Å². The van der Waals surface area contributed by atoms with E-state index < -0.39 is 11.9 Å². The van der Waals surface area contributed by atoms with E-state index in [4.69, 9.17) is 29.3 Å². The summed E-state index contributed by atoms with van der Waals surface area (Å²) in [5, 5.41) is 21.5. The molecule has 0 unspecified atom stereocenters. The lowest BCUT2D eigenvalue weighted by Crippen LogP contribution is -2.54. The Morgan fingerprint density at radius 3 is 1.25 bits per heavy atom. The number of carboxylic acid groups (broad SMARTS) is 2. The molecule has 0 aliphatic carbocycles. The van der Waals surface area contributed by atoms with Crippen molar-refractivity contribution in [2.24, 2.45) is 0 Å². The Hall–Kier alpha value is -1.22. The van der Waals surface area contributed by atoms with Crippen LogP contribution in [0.1, 0.15) is 38.5 Å². The standard InChI is InChI=1S/2C7H13NO.C2H2O4/c2*1-2-7(3-5-9-7)6-8-4-1;3-1(4)2(5)6/h2*8H,1-6H2;(H,3,4)(H,5,6)/t2*7-;/m00./s1. The van der Waals surface area contributed by atoms with E-state index in [1.54, 1.807) is 0 Å². The van der Waals surface area contributed by atoms with Gasteiger partial charge in [0.05, 0.1) is 24.4 Å². The van der Waals surface area contributed by atoms with E-state index >= 15 is 0 Å². The first kappa shape index (κ1) is 19.1. The molecule has 0 bridgehead atoms. The normalized spacial score (nSPS) is 33.8. The van der Waals surface area contributed by atoms with Crippen LogP contribution in [-0.4, -0.2) is 72.7 Å². The van der Waals surface area contributed by atoms with Crippen molar-refractivity contribution in [1.82, 2.24) is 10.6 Å². The molecule has 0 aromatic rings. The number of nitrogens with one attached hydrogen (secondary N) is 2. The van der Waals surface area contributed by atoms with Gasteiger partial charge in [-0.3, -0.25) is 0 Å². The van der Waals surface area contributed by atoms with E-state index in [1.807, 2.05) is 0 Å². The van der Waals surface area contributed by atoms with Gasteiger partial charge in [-0.2, -0.15) is 0 Å². The van der Waals surface area contributed by atoms with Gasteiger partial charge in [0.2, 0.25) is 0 Å². The zero-order valence-corrected chi connectivity index (χ0v) is 14.0. The highest BCUT2D eigenvalue weighted by atomic mass is 16.5. The van der Waals surface area contributed by atoms with Crippen molar-refractivity contribution < 1.29 is 29.3 Å². The van der Waals surface area contributed by atoms with Crippen LogP contribution in [0.2, 0.25) is 0 Å². The Balaban J connectivity index is 0.000000134. The van der Waals surface area contributed by atoms with Crippen LogP contribution in [0.25, 0.3) is 0 Å². The summed E-state index contributed by atoms with van der Waals surface area (Å²) >= 11 is 0. The fourth-order valence-electron chi connectivity index (χ4n) is 3.33. The molecule has 4 rings (SSSR count). The number of carboxylic acids is 2. The third kappa shape index (κ3) is 5.41. The van der Waals surface area contributed by atoms with Crippen molar-refractivity contribution in [3.05, 3.63) is 0 Å². The highest BCUT2D eigenvalue weighted by Gasteiger charge is 2.39. The summed E-state index contributed by atoms with van der Waals surface area (Å²) in [6, 6.07) is 0. The van der Waals surface area contributed by atoms with Crippen molar-refractivity contribution in [2.45, 2.75) is 49.7 Å². The molecule has 138 valence electrons. The molecule has 2 atom stereocenters. The topological polar surface area (TPSA) is 117 Å². The Morgan fingerprint density at radius 1 is 0.750 bits per heavy atom. The molecule has 0 saturated carbocycles. The molecular weight excluding hydrogens is 316 g/mol.